The van der Waals surface area contributed by atoms with Gasteiger partial charge >= 0.3 is 0 Å². The molecule has 92 valence electrons. The van der Waals surface area contributed by atoms with Gasteiger partial charge in [-0.15, -0.1) is 12.3 Å². The predicted octanol–water partition coefficient (Wildman–Crippen LogP) is 2.45. The molecule has 0 aromatic heterocycles. The van der Waals surface area contributed by atoms with Crippen LogP contribution in [0, 0.1) is 18.3 Å². The lowest BCUT2D eigenvalue weighted by atomic mass is 9.80. The van der Waals surface area contributed by atoms with E-state index in [0.717, 1.165) is 19.3 Å². The minimum absolute atomic E-state index is 0.00894. The molecule has 0 aliphatic heterocycles. The number of terminal acetylenes is 1. The molecule has 16 heavy (non-hydrogen) atoms. The van der Waals surface area contributed by atoms with Crippen molar-refractivity contribution in [3.05, 3.63) is 0 Å². The summed E-state index contributed by atoms with van der Waals surface area (Å²) in [5.74, 6) is 5.84. The van der Waals surface area contributed by atoms with Gasteiger partial charge in [0.15, 0.2) is 0 Å². The summed E-state index contributed by atoms with van der Waals surface area (Å²) in [5, 5.41) is 0. The molecule has 1 unspecified atom stereocenters. The van der Waals surface area contributed by atoms with Gasteiger partial charge in [0.05, 0.1) is 0 Å². The zero-order valence-electron chi connectivity index (χ0n) is 9.52. The number of alkyl halides is 2. The zero-order chi connectivity index (χ0) is 12.0. The van der Waals surface area contributed by atoms with E-state index in [9.17, 15) is 8.78 Å². The van der Waals surface area contributed by atoms with Crippen molar-refractivity contribution in [2.45, 2.75) is 56.9 Å². The Morgan fingerprint density at radius 1 is 1.44 bits per heavy atom. The number of hydrogen-bond donors (Lipinski definition) is 2. The molecule has 1 atom stereocenters. The predicted molar refractivity (Wildman–Crippen MR) is 60.7 cm³/mol. The van der Waals surface area contributed by atoms with Crippen LogP contribution >= 0.6 is 0 Å². The normalized spacial score (nSPS) is 22.6. The first kappa shape index (κ1) is 13.4. The third-order valence-corrected chi connectivity index (χ3v) is 3.38. The van der Waals surface area contributed by atoms with Crippen molar-refractivity contribution in [2.24, 2.45) is 11.8 Å². The van der Waals surface area contributed by atoms with E-state index in [2.05, 4.69) is 11.3 Å². The molecular weight excluding hydrogens is 210 g/mol. The molecule has 1 aliphatic rings. The van der Waals surface area contributed by atoms with Crippen LogP contribution in [0.2, 0.25) is 0 Å². The lowest BCUT2D eigenvalue weighted by Crippen LogP contribution is -2.43. The Morgan fingerprint density at radius 3 is 2.56 bits per heavy atom. The van der Waals surface area contributed by atoms with Crippen LogP contribution < -0.4 is 11.3 Å². The quantitative estimate of drug-likeness (QED) is 0.329. The number of nitrogens with two attached hydrogens (primary N) is 1. The second-order valence-electron chi connectivity index (χ2n) is 4.56. The maximum absolute atomic E-state index is 13.0. The van der Waals surface area contributed by atoms with Crippen molar-refractivity contribution in [2.75, 3.05) is 0 Å². The minimum atomic E-state index is -2.46. The summed E-state index contributed by atoms with van der Waals surface area (Å²) in [7, 11) is 0. The molecule has 0 spiro atoms. The molecule has 0 aromatic carbocycles. The Labute approximate surface area is 95.9 Å². The smallest absolute Gasteiger partial charge is 0.248 e. The summed E-state index contributed by atoms with van der Waals surface area (Å²) in [5.41, 5.74) is 2.74. The number of hydrogen-bond acceptors (Lipinski definition) is 2. The molecule has 0 aromatic rings. The van der Waals surface area contributed by atoms with Gasteiger partial charge in [-0.25, -0.2) is 8.78 Å². The van der Waals surface area contributed by atoms with Gasteiger partial charge in [-0.3, -0.25) is 11.3 Å². The summed E-state index contributed by atoms with van der Waals surface area (Å²) < 4.78 is 25.9. The van der Waals surface area contributed by atoms with Crippen LogP contribution in [0.4, 0.5) is 8.78 Å². The summed E-state index contributed by atoms with van der Waals surface area (Å²) in [6.45, 7) is 0. The number of halogens is 2. The molecule has 2 nitrogen and oxygen atoms in total. The summed E-state index contributed by atoms with van der Waals surface area (Å²) in [6.07, 6.45) is 8.75. The SMILES string of the molecule is C#CCCCC(NN)C1CCC(F)(F)CC1. The topological polar surface area (TPSA) is 38.0 Å². The van der Waals surface area contributed by atoms with Gasteiger partial charge in [0.25, 0.3) is 0 Å². The monoisotopic (exact) mass is 230 g/mol. The van der Waals surface area contributed by atoms with E-state index in [-0.39, 0.29) is 24.8 Å². The van der Waals surface area contributed by atoms with Gasteiger partial charge in [-0.2, -0.15) is 0 Å². The first-order chi connectivity index (χ1) is 7.59. The Morgan fingerprint density at radius 2 is 2.06 bits per heavy atom. The van der Waals surface area contributed by atoms with Gasteiger partial charge in [-0.05, 0) is 31.6 Å². The molecule has 0 heterocycles. The number of rotatable bonds is 5. The summed E-state index contributed by atoms with van der Waals surface area (Å²) >= 11 is 0. The minimum Gasteiger partial charge on any atom is -0.271 e. The van der Waals surface area contributed by atoms with Crippen LogP contribution in [0.15, 0.2) is 0 Å². The summed E-state index contributed by atoms with van der Waals surface area (Å²) in [6, 6.07) is 0.129. The molecule has 0 bridgehead atoms. The molecular formula is C12H20F2N2. The first-order valence-corrected chi connectivity index (χ1v) is 5.86. The average molecular weight is 230 g/mol. The van der Waals surface area contributed by atoms with Crippen LogP contribution in [-0.4, -0.2) is 12.0 Å². The molecule has 0 saturated heterocycles. The van der Waals surface area contributed by atoms with E-state index >= 15 is 0 Å². The van der Waals surface area contributed by atoms with Crippen LogP contribution in [0.25, 0.3) is 0 Å². The van der Waals surface area contributed by atoms with Crippen molar-refractivity contribution in [1.82, 2.24) is 5.43 Å². The maximum Gasteiger partial charge on any atom is 0.248 e. The molecule has 3 N–H and O–H groups in total. The fraction of sp³-hybridized carbons (Fsp3) is 0.833. The van der Waals surface area contributed by atoms with Crippen molar-refractivity contribution in [3.8, 4) is 12.3 Å². The van der Waals surface area contributed by atoms with Crippen LogP contribution in [-0.2, 0) is 0 Å². The molecule has 0 radical (unpaired) electrons. The third-order valence-electron chi connectivity index (χ3n) is 3.38. The second kappa shape index (κ2) is 6.17. The summed E-state index contributed by atoms with van der Waals surface area (Å²) in [4.78, 5) is 0. The largest absolute Gasteiger partial charge is 0.271 e. The highest BCUT2D eigenvalue weighted by Crippen LogP contribution is 2.38. The molecule has 1 aliphatic carbocycles. The van der Waals surface area contributed by atoms with Crippen LogP contribution in [0.3, 0.4) is 0 Å². The Balaban J connectivity index is 2.34. The number of unbranched alkanes of at least 4 members (excludes halogenated alkanes) is 1. The van der Waals surface area contributed by atoms with Crippen LogP contribution in [0.1, 0.15) is 44.9 Å². The van der Waals surface area contributed by atoms with Gasteiger partial charge < -0.3 is 0 Å². The highest BCUT2D eigenvalue weighted by molar-refractivity contribution is 4.87. The molecule has 4 heteroatoms. The number of hydrazine groups is 1. The van der Waals surface area contributed by atoms with Crippen LogP contribution in [0.5, 0.6) is 0 Å². The van der Waals surface area contributed by atoms with Gasteiger partial charge in [-0.1, -0.05) is 0 Å². The third kappa shape index (κ3) is 4.07. The Kier molecular flexibility index (Phi) is 5.17. The maximum atomic E-state index is 13.0. The second-order valence-corrected chi connectivity index (χ2v) is 4.56. The molecule has 0 amide bonds. The highest BCUT2D eigenvalue weighted by atomic mass is 19.3. The average Bonchev–Trinajstić information content (AvgIpc) is 2.25. The van der Waals surface area contributed by atoms with E-state index in [1.165, 1.54) is 0 Å². The highest BCUT2D eigenvalue weighted by Gasteiger charge is 2.37. The van der Waals surface area contributed by atoms with E-state index in [1.807, 2.05) is 0 Å². The molecule has 1 fully saturated rings. The number of nitrogens with one attached hydrogen (secondary N) is 1. The standard InChI is InChI=1S/C12H20F2N2/c1-2-3-4-5-11(16-15)10-6-8-12(13,14)9-7-10/h1,10-11,16H,3-9,15H2. The van der Waals surface area contributed by atoms with Gasteiger partial charge in [0.1, 0.15) is 0 Å². The van der Waals surface area contributed by atoms with E-state index in [0.29, 0.717) is 12.8 Å². The molecule has 1 saturated carbocycles. The lowest BCUT2D eigenvalue weighted by molar-refractivity contribution is -0.0499. The van der Waals surface area contributed by atoms with E-state index in [4.69, 9.17) is 12.3 Å². The Hall–Kier alpha value is -0.660. The van der Waals surface area contributed by atoms with Crippen molar-refractivity contribution in [1.29, 1.82) is 0 Å². The van der Waals surface area contributed by atoms with E-state index < -0.39 is 5.92 Å². The lowest BCUT2D eigenvalue weighted by Gasteiger charge is -2.33. The van der Waals surface area contributed by atoms with Gasteiger partial charge in [0, 0.05) is 25.3 Å². The van der Waals surface area contributed by atoms with Crippen molar-refractivity contribution < 1.29 is 8.78 Å². The Bertz CT molecular complexity index is 238. The zero-order valence-corrected chi connectivity index (χ0v) is 9.52. The van der Waals surface area contributed by atoms with E-state index in [1.54, 1.807) is 0 Å². The first-order valence-electron chi connectivity index (χ1n) is 5.86. The van der Waals surface area contributed by atoms with Gasteiger partial charge in [0.2, 0.25) is 5.92 Å². The fourth-order valence-electron chi connectivity index (χ4n) is 2.34. The fourth-order valence-corrected chi connectivity index (χ4v) is 2.34. The van der Waals surface area contributed by atoms with Crippen molar-refractivity contribution >= 4 is 0 Å². The van der Waals surface area contributed by atoms with Crippen molar-refractivity contribution in [3.63, 3.8) is 0 Å². The molecule has 1 rings (SSSR count).